The van der Waals surface area contributed by atoms with Gasteiger partial charge in [0.15, 0.2) is 11.5 Å². The molecule has 22 heavy (non-hydrogen) atoms. The van der Waals surface area contributed by atoms with Gasteiger partial charge >= 0.3 is 0 Å². The molecule has 1 fully saturated rings. The fourth-order valence-electron chi connectivity index (χ4n) is 2.68. The minimum absolute atomic E-state index is 0.404. The molecule has 0 spiro atoms. The van der Waals surface area contributed by atoms with Crippen LogP contribution in [0.3, 0.4) is 0 Å². The van der Waals surface area contributed by atoms with Crippen molar-refractivity contribution < 1.29 is 4.74 Å². The molecule has 2 aromatic rings. The number of benzene rings is 1. The summed E-state index contributed by atoms with van der Waals surface area (Å²) in [5, 5.41) is 9.11. The molecule has 0 unspecified atom stereocenters. The SMILES string of the molecule is N#Cc1nccnc1N1CCC(COc2ccccc2)CC1. The highest BCUT2D eigenvalue weighted by Crippen LogP contribution is 2.24. The molecular weight excluding hydrogens is 276 g/mol. The van der Waals surface area contributed by atoms with Gasteiger partial charge in [0, 0.05) is 25.5 Å². The van der Waals surface area contributed by atoms with Gasteiger partial charge in [-0.3, -0.25) is 0 Å². The fourth-order valence-corrected chi connectivity index (χ4v) is 2.68. The number of hydrogen-bond acceptors (Lipinski definition) is 5. The minimum Gasteiger partial charge on any atom is -0.493 e. The molecule has 0 saturated carbocycles. The van der Waals surface area contributed by atoms with E-state index in [0.717, 1.165) is 38.3 Å². The number of para-hydroxylation sites is 1. The third-order valence-corrected chi connectivity index (χ3v) is 3.93. The summed E-state index contributed by atoms with van der Waals surface area (Å²) in [6.07, 6.45) is 5.27. The minimum atomic E-state index is 0.404. The molecule has 2 heterocycles. The number of hydrogen-bond donors (Lipinski definition) is 0. The van der Waals surface area contributed by atoms with E-state index in [2.05, 4.69) is 20.9 Å². The van der Waals surface area contributed by atoms with Crippen molar-refractivity contribution >= 4 is 5.82 Å². The van der Waals surface area contributed by atoms with Gasteiger partial charge in [0.25, 0.3) is 0 Å². The highest BCUT2D eigenvalue weighted by atomic mass is 16.5. The molecule has 3 rings (SSSR count). The third kappa shape index (κ3) is 3.34. The average molecular weight is 294 g/mol. The summed E-state index contributed by atoms with van der Waals surface area (Å²) in [6, 6.07) is 12.0. The highest BCUT2D eigenvalue weighted by molar-refractivity contribution is 5.49. The number of ether oxygens (including phenoxy) is 1. The summed E-state index contributed by atoms with van der Waals surface area (Å²) >= 11 is 0. The summed E-state index contributed by atoms with van der Waals surface area (Å²) in [5.41, 5.74) is 0.404. The Bertz CT molecular complexity index is 645. The maximum atomic E-state index is 9.11. The van der Waals surface area contributed by atoms with Gasteiger partial charge in [-0.25, -0.2) is 9.97 Å². The first-order valence-electron chi connectivity index (χ1n) is 7.50. The Labute approximate surface area is 130 Å². The maximum absolute atomic E-state index is 9.11. The topological polar surface area (TPSA) is 62.0 Å². The van der Waals surface area contributed by atoms with E-state index in [9.17, 15) is 0 Å². The molecule has 5 heteroatoms. The lowest BCUT2D eigenvalue weighted by molar-refractivity contribution is 0.222. The Morgan fingerprint density at radius 2 is 1.86 bits per heavy atom. The van der Waals surface area contributed by atoms with E-state index in [4.69, 9.17) is 10.00 Å². The summed E-state index contributed by atoms with van der Waals surface area (Å²) in [6.45, 7) is 2.51. The van der Waals surface area contributed by atoms with E-state index in [1.807, 2.05) is 30.3 Å². The molecular formula is C17H18N4O. The molecule has 1 saturated heterocycles. The summed E-state index contributed by atoms with van der Waals surface area (Å²) in [5.74, 6) is 2.16. The Morgan fingerprint density at radius 1 is 1.14 bits per heavy atom. The number of piperidine rings is 1. The van der Waals surface area contributed by atoms with Crippen LogP contribution in [0, 0.1) is 17.2 Å². The normalized spacial score (nSPS) is 15.3. The van der Waals surface area contributed by atoms with Crippen LogP contribution in [-0.4, -0.2) is 29.7 Å². The zero-order chi connectivity index (χ0) is 15.2. The summed E-state index contributed by atoms with van der Waals surface area (Å²) in [7, 11) is 0. The zero-order valence-electron chi connectivity index (χ0n) is 12.4. The molecule has 1 aliphatic rings. The molecule has 0 N–H and O–H groups in total. The van der Waals surface area contributed by atoms with E-state index in [-0.39, 0.29) is 0 Å². The van der Waals surface area contributed by atoms with Crippen molar-refractivity contribution in [1.29, 1.82) is 5.26 Å². The van der Waals surface area contributed by atoms with E-state index >= 15 is 0 Å². The van der Waals surface area contributed by atoms with Gasteiger partial charge in [-0.15, -0.1) is 0 Å². The zero-order valence-corrected chi connectivity index (χ0v) is 12.4. The van der Waals surface area contributed by atoms with Crippen molar-refractivity contribution in [2.45, 2.75) is 12.8 Å². The lowest BCUT2D eigenvalue weighted by atomic mass is 9.97. The molecule has 0 radical (unpaired) electrons. The van der Waals surface area contributed by atoms with Crippen molar-refractivity contribution in [2.24, 2.45) is 5.92 Å². The van der Waals surface area contributed by atoms with Crippen LogP contribution in [0.5, 0.6) is 5.75 Å². The Balaban J connectivity index is 1.53. The maximum Gasteiger partial charge on any atom is 0.183 e. The molecule has 0 aliphatic carbocycles. The smallest absolute Gasteiger partial charge is 0.183 e. The molecule has 112 valence electrons. The Morgan fingerprint density at radius 3 is 2.59 bits per heavy atom. The lowest BCUT2D eigenvalue weighted by Gasteiger charge is -2.32. The van der Waals surface area contributed by atoms with E-state index < -0.39 is 0 Å². The first kappa shape index (κ1) is 14.3. The largest absolute Gasteiger partial charge is 0.493 e. The van der Waals surface area contributed by atoms with Crippen LogP contribution in [0.25, 0.3) is 0 Å². The van der Waals surface area contributed by atoms with E-state index in [0.29, 0.717) is 17.4 Å². The number of nitriles is 1. The van der Waals surface area contributed by atoms with Gasteiger partial charge in [0.2, 0.25) is 0 Å². The van der Waals surface area contributed by atoms with Gasteiger partial charge in [0.05, 0.1) is 6.61 Å². The highest BCUT2D eigenvalue weighted by Gasteiger charge is 2.22. The standard InChI is InChI=1S/C17H18N4O/c18-12-16-17(20-9-8-19-16)21-10-6-14(7-11-21)13-22-15-4-2-1-3-5-15/h1-5,8-9,14H,6-7,10-11,13H2. The van der Waals surface area contributed by atoms with Crippen LogP contribution in [0.4, 0.5) is 5.82 Å². The Kier molecular flexibility index (Phi) is 4.50. The summed E-state index contributed by atoms with van der Waals surface area (Å²) in [4.78, 5) is 10.5. The van der Waals surface area contributed by atoms with Crippen molar-refractivity contribution in [3.05, 3.63) is 48.4 Å². The van der Waals surface area contributed by atoms with Crippen molar-refractivity contribution in [3.63, 3.8) is 0 Å². The van der Waals surface area contributed by atoms with Gasteiger partial charge in [0.1, 0.15) is 11.8 Å². The van der Waals surface area contributed by atoms with E-state index in [1.54, 1.807) is 12.4 Å². The first-order valence-corrected chi connectivity index (χ1v) is 7.50. The third-order valence-electron chi connectivity index (χ3n) is 3.93. The van der Waals surface area contributed by atoms with Crippen LogP contribution in [-0.2, 0) is 0 Å². The average Bonchev–Trinajstić information content (AvgIpc) is 2.61. The van der Waals surface area contributed by atoms with Crippen molar-refractivity contribution in [2.75, 3.05) is 24.6 Å². The second kappa shape index (κ2) is 6.90. The van der Waals surface area contributed by atoms with Gasteiger partial charge in [-0.2, -0.15) is 5.26 Å². The Hall–Kier alpha value is -2.61. The van der Waals surface area contributed by atoms with Crippen LogP contribution in [0.1, 0.15) is 18.5 Å². The number of rotatable bonds is 4. The molecule has 0 atom stereocenters. The predicted octanol–water partition coefficient (Wildman–Crippen LogP) is 2.64. The van der Waals surface area contributed by atoms with Crippen LogP contribution >= 0.6 is 0 Å². The molecule has 5 nitrogen and oxygen atoms in total. The summed E-state index contributed by atoms with van der Waals surface area (Å²) < 4.78 is 5.83. The van der Waals surface area contributed by atoms with Gasteiger partial charge in [-0.05, 0) is 30.9 Å². The van der Waals surface area contributed by atoms with Gasteiger partial charge in [-0.1, -0.05) is 18.2 Å². The second-order valence-corrected chi connectivity index (χ2v) is 5.39. The monoisotopic (exact) mass is 294 g/mol. The van der Waals surface area contributed by atoms with Crippen LogP contribution in [0.15, 0.2) is 42.7 Å². The number of aromatic nitrogens is 2. The predicted molar refractivity (Wildman–Crippen MR) is 83.6 cm³/mol. The number of anilines is 1. The lowest BCUT2D eigenvalue weighted by Crippen LogP contribution is -2.36. The quantitative estimate of drug-likeness (QED) is 0.867. The van der Waals surface area contributed by atoms with Crippen molar-refractivity contribution in [3.8, 4) is 11.8 Å². The van der Waals surface area contributed by atoms with Crippen LogP contribution < -0.4 is 9.64 Å². The fraction of sp³-hybridized carbons (Fsp3) is 0.353. The van der Waals surface area contributed by atoms with E-state index in [1.165, 1.54) is 0 Å². The first-order chi connectivity index (χ1) is 10.9. The van der Waals surface area contributed by atoms with Crippen molar-refractivity contribution in [1.82, 2.24) is 9.97 Å². The second-order valence-electron chi connectivity index (χ2n) is 5.39. The van der Waals surface area contributed by atoms with Gasteiger partial charge < -0.3 is 9.64 Å². The van der Waals surface area contributed by atoms with Crippen LogP contribution in [0.2, 0.25) is 0 Å². The molecule has 1 aromatic heterocycles. The molecule has 0 bridgehead atoms. The number of nitrogens with zero attached hydrogens (tertiary/aromatic N) is 4. The molecule has 0 amide bonds. The molecule has 1 aliphatic heterocycles. The molecule has 1 aromatic carbocycles.